The van der Waals surface area contributed by atoms with Crippen LogP contribution in [0.5, 0.6) is 0 Å². The topological polar surface area (TPSA) is 66.9 Å². The zero-order chi connectivity index (χ0) is 18.5. The van der Waals surface area contributed by atoms with Crippen molar-refractivity contribution in [1.29, 1.82) is 0 Å². The average molecular weight is 371 g/mol. The highest BCUT2D eigenvalue weighted by Gasteiger charge is 2.12. The van der Waals surface area contributed by atoms with E-state index in [1.54, 1.807) is 49.4 Å². The number of hydrogen-bond donors (Lipinski definition) is 2. The van der Waals surface area contributed by atoms with Gasteiger partial charge in [0.15, 0.2) is 0 Å². The van der Waals surface area contributed by atoms with Gasteiger partial charge in [0.1, 0.15) is 11.5 Å². The van der Waals surface area contributed by atoms with Crippen LogP contribution >= 0.6 is 11.6 Å². The first-order chi connectivity index (χ1) is 12.5. The summed E-state index contributed by atoms with van der Waals surface area (Å²) in [5.74, 6) is -0.494. The minimum absolute atomic E-state index is 0.0750. The second kappa shape index (κ2) is 7.93. The number of rotatable bonds is 5. The summed E-state index contributed by atoms with van der Waals surface area (Å²) in [6, 6.07) is 14.9. The second-order valence-corrected chi connectivity index (χ2v) is 6.06. The Balaban J connectivity index is 1.74. The van der Waals surface area contributed by atoms with E-state index in [9.17, 15) is 9.18 Å². The highest BCUT2D eigenvalue weighted by Crippen LogP contribution is 2.18. The molecular formula is C19H16ClFN4O. The van der Waals surface area contributed by atoms with Gasteiger partial charge < -0.3 is 10.6 Å². The Kier molecular flexibility index (Phi) is 5.43. The Morgan fingerprint density at radius 1 is 1.12 bits per heavy atom. The number of benzene rings is 2. The number of carbonyl (C=O) groups excluding carboxylic acids is 1. The molecule has 7 heteroatoms. The molecule has 3 rings (SSSR count). The first-order valence-corrected chi connectivity index (χ1v) is 8.29. The summed E-state index contributed by atoms with van der Waals surface area (Å²) in [7, 11) is 0. The highest BCUT2D eigenvalue weighted by molar-refractivity contribution is 6.30. The minimum Gasteiger partial charge on any atom is -0.347 e. The molecule has 2 N–H and O–H groups in total. The van der Waals surface area contributed by atoms with Crippen molar-refractivity contribution in [1.82, 2.24) is 15.3 Å². The minimum atomic E-state index is -0.409. The number of amides is 1. The molecule has 2 aromatic carbocycles. The summed E-state index contributed by atoms with van der Waals surface area (Å²) >= 11 is 5.96. The molecule has 0 atom stereocenters. The third kappa shape index (κ3) is 4.55. The molecule has 0 aliphatic carbocycles. The third-order valence-corrected chi connectivity index (χ3v) is 3.80. The van der Waals surface area contributed by atoms with Crippen molar-refractivity contribution in [3.05, 3.63) is 82.4 Å². The van der Waals surface area contributed by atoms with E-state index in [-0.39, 0.29) is 24.0 Å². The van der Waals surface area contributed by atoms with E-state index in [1.165, 1.54) is 6.07 Å². The molecule has 0 spiro atoms. The monoisotopic (exact) mass is 370 g/mol. The van der Waals surface area contributed by atoms with E-state index in [4.69, 9.17) is 11.6 Å². The lowest BCUT2D eigenvalue weighted by molar-refractivity contribution is 0.0945. The Morgan fingerprint density at radius 3 is 2.69 bits per heavy atom. The molecule has 5 nitrogen and oxygen atoms in total. The van der Waals surface area contributed by atoms with Gasteiger partial charge in [-0.15, -0.1) is 0 Å². The lowest BCUT2D eigenvalue weighted by atomic mass is 10.2. The molecule has 0 fully saturated rings. The van der Waals surface area contributed by atoms with Gasteiger partial charge in [-0.25, -0.2) is 14.4 Å². The van der Waals surface area contributed by atoms with Crippen LogP contribution in [-0.4, -0.2) is 15.9 Å². The molecule has 132 valence electrons. The van der Waals surface area contributed by atoms with Crippen LogP contribution in [0.2, 0.25) is 5.02 Å². The molecule has 0 saturated heterocycles. The summed E-state index contributed by atoms with van der Waals surface area (Å²) in [4.78, 5) is 20.9. The number of anilines is 2. The number of aryl methyl sites for hydroxylation is 1. The molecule has 1 heterocycles. The van der Waals surface area contributed by atoms with Crippen molar-refractivity contribution in [3.63, 3.8) is 0 Å². The second-order valence-electron chi connectivity index (χ2n) is 5.63. The smallest absolute Gasteiger partial charge is 0.270 e. The summed E-state index contributed by atoms with van der Waals surface area (Å²) < 4.78 is 13.6. The van der Waals surface area contributed by atoms with Crippen LogP contribution in [0.15, 0.2) is 54.6 Å². The quantitative estimate of drug-likeness (QED) is 0.704. The van der Waals surface area contributed by atoms with Crippen LogP contribution in [0, 0.1) is 12.7 Å². The summed E-state index contributed by atoms with van der Waals surface area (Å²) in [5.41, 5.74) is 1.93. The summed E-state index contributed by atoms with van der Waals surface area (Å²) in [6.07, 6.45) is 0. The molecule has 0 bridgehead atoms. The molecule has 0 radical (unpaired) electrons. The van der Waals surface area contributed by atoms with Crippen LogP contribution in [0.4, 0.5) is 16.0 Å². The van der Waals surface area contributed by atoms with Crippen LogP contribution in [-0.2, 0) is 6.54 Å². The molecule has 1 amide bonds. The van der Waals surface area contributed by atoms with E-state index in [2.05, 4.69) is 20.6 Å². The molecule has 0 saturated carbocycles. The Bertz CT molecular complexity index is 948. The lowest BCUT2D eigenvalue weighted by Crippen LogP contribution is -2.25. The standard InChI is InChI=1S/C19H16ClFN4O/c1-12-9-17(18(26)22-11-13-5-2-3-8-16(13)21)25-19(23-12)24-15-7-4-6-14(20)10-15/h2-10H,11H2,1H3,(H,22,26)(H,23,24,25). The fourth-order valence-corrected chi connectivity index (χ4v) is 2.53. The predicted molar refractivity (Wildman–Crippen MR) is 99.1 cm³/mol. The van der Waals surface area contributed by atoms with Crippen molar-refractivity contribution in [2.24, 2.45) is 0 Å². The Hall–Kier alpha value is -2.99. The lowest BCUT2D eigenvalue weighted by Gasteiger charge is -2.09. The number of carbonyl (C=O) groups is 1. The Morgan fingerprint density at radius 2 is 1.92 bits per heavy atom. The molecule has 1 aromatic heterocycles. The number of halogens is 2. The maximum atomic E-state index is 13.6. The third-order valence-electron chi connectivity index (χ3n) is 3.56. The molecule has 3 aromatic rings. The van der Waals surface area contributed by atoms with Crippen molar-refractivity contribution in [3.8, 4) is 0 Å². The van der Waals surface area contributed by atoms with Gasteiger partial charge in [-0.3, -0.25) is 4.79 Å². The van der Waals surface area contributed by atoms with Gasteiger partial charge in [0.25, 0.3) is 5.91 Å². The van der Waals surface area contributed by atoms with Gasteiger partial charge in [-0.1, -0.05) is 35.9 Å². The van der Waals surface area contributed by atoms with Crippen LogP contribution in [0.1, 0.15) is 21.7 Å². The first kappa shape index (κ1) is 17.8. The van der Waals surface area contributed by atoms with Crippen molar-refractivity contribution in [2.75, 3.05) is 5.32 Å². The van der Waals surface area contributed by atoms with E-state index in [1.807, 2.05) is 6.07 Å². The van der Waals surface area contributed by atoms with Crippen LogP contribution in [0.3, 0.4) is 0 Å². The van der Waals surface area contributed by atoms with E-state index >= 15 is 0 Å². The largest absolute Gasteiger partial charge is 0.347 e. The molecule has 0 unspecified atom stereocenters. The number of nitrogens with zero attached hydrogens (tertiary/aromatic N) is 2. The highest BCUT2D eigenvalue weighted by atomic mass is 35.5. The summed E-state index contributed by atoms with van der Waals surface area (Å²) in [5, 5.41) is 6.26. The van der Waals surface area contributed by atoms with Gasteiger partial charge in [-0.05, 0) is 37.3 Å². The fourth-order valence-electron chi connectivity index (χ4n) is 2.34. The normalized spacial score (nSPS) is 10.4. The maximum Gasteiger partial charge on any atom is 0.270 e. The van der Waals surface area contributed by atoms with Gasteiger partial charge in [0.05, 0.1) is 0 Å². The maximum absolute atomic E-state index is 13.6. The fraction of sp³-hybridized carbons (Fsp3) is 0.105. The summed E-state index contributed by atoms with van der Waals surface area (Å²) in [6.45, 7) is 1.84. The predicted octanol–water partition coefficient (Wildman–Crippen LogP) is 4.25. The van der Waals surface area contributed by atoms with Crippen molar-refractivity contribution < 1.29 is 9.18 Å². The Labute approximate surface area is 155 Å². The van der Waals surface area contributed by atoms with Crippen LogP contribution in [0.25, 0.3) is 0 Å². The van der Waals surface area contributed by atoms with Gasteiger partial charge in [0.2, 0.25) is 5.95 Å². The van der Waals surface area contributed by atoms with Gasteiger partial charge in [0, 0.05) is 28.5 Å². The van der Waals surface area contributed by atoms with E-state index in [0.717, 1.165) is 0 Å². The number of aromatic nitrogens is 2. The van der Waals surface area contributed by atoms with Crippen LogP contribution < -0.4 is 10.6 Å². The zero-order valence-corrected chi connectivity index (χ0v) is 14.7. The molecular weight excluding hydrogens is 355 g/mol. The van der Waals surface area contributed by atoms with Gasteiger partial charge >= 0.3 is 0 Å². The average Bonchev–Trinajstić information content (AvgIpc) is 2.60. The number of nitrogens with one attached hydrogen (secondary N) is 2. The molecule has 0 aliphatic rings. The number of hydrogen-bond acceptors (Lipinski definition) is 4. The van der Waals surface area contributed by atoms with E-state index in [0.29, 0.717) is 22.0 Å². The molecule has 0 aliphatic heterocycles. The first-order valence-electron chi connectivity index (χ1n) is 7.91. The van der Waals surface area contributed by atoms with Crippen molar-refractivity contribution in [2.45, 2.75) is 13.5 Å². The van der Waals surface area contributed by atoms with Crippen molar-refractivity contribution >= 4 is 29.1 Å². The van der Waals surface area contributed by atoms with E-state index < -0.39 is 5.91 Å². The molecule has 26 heavy (non-hydrogen) atoms. The van der Waals surface area contributed by atoms with Gasteiger partial charge in [-0.2, -0.15) is 0 Å². The zero-order valence-electron chi connectivity index (χ0n) is 14.0. The SMILES string of the molecule is Cc1cc(C(=O)NCc2ccccc2F)nc(Nc2cccc(Cl)c2)n1.